The summed E-state index contributed by atoms with van der Waals surface area (Å²) in [6.07, 6.45) is 38.9. The fraction of sp³-hybridized carbons (Fsp3) is 0.872. The van der Waals surface area contributed by atoms with E-state index >= 15 is 0 Å². The Labute approximate surface area is 296 Å². The molecular weight excluding hydrogens is 623 g/mol. The molecule has 0 rings (SSSR count). The molecule has 0 bridgehead atoms. The van der Waals surface area contributed by atoms with Gasteiger partial charge in [-0.15, -0.1) is 0 Å². The second kappa shape index (κ2) is 35.8. The Bertz CT molecular complexity index is 809. The maximum Gasteiger partial charge on any atom is 0.472 e. The van der Waals surface area contributed by atoms with Gasteiger partial charge in [0.15, 0.2) is 0 Å². The molecule has 0 aliphatic heterocycles. The van der Waals surface area contributed by atoms with Crippen LogP contribution in [0, 0.1) is 0 Å². The quantitative estimate of drug-likeness (QED) is 0.0288. The molecule has 0 aromatic rings. The molecule has 48 heavy (non-hydrogen) atoms. The van der Waals surface area contributed by atoms with Crippen molar-refractivity contribution in [3.63, 3.8) is 0 Å². The molecular formula is C39H77N2O6P. The molecule has 5 N–H and O–H groups in total. The number of rotatable bonds is 37. The molecule has 284 valence electrons. The molecule has 0 radical (unpaired) electrons. The van der Waals surface area contributed by atoms with Crippen LogP contribution < -0.4 is 11.1 Å². The summed E-state index contributed by atoms with van der Waals surface area (Å²) in [6, 6.07) is -0.775. The van der Waals surface area contributed by atoms with Gasteiger partial charge in [-0.1, -0.05) is 160 Å². The lowest BCUT2D eigenvalue weighted by molar-refractivity contribution is -0.123. The zero-order valence-electron chi connectivity index (χ0n) is 31.2. The van der Waals surface area contributed by atoms with E-state index in [2.05, 4.69) is 43.5 Å². The van der Waals surface area contributed by atoms with E-state index in [1.165, 1.54) is 109 Å². The fourth-order valence-electron chi connectivity index (χ4n) is 5.75. The van der Waals surface area contributed by atoms with E-state index in [0.29, 0.717) is 12.8 Å². The number of aliphatic hydroxyl groups is 1. The smallest absolute Gasteiger partial charge is 0.391 e. The summed E-state index contributed by atoms with van der Waals surface area (Å²) in [6.45, 7) is 4.17. The Morgan fingerprint density at radius 3 is 1.67 bits per heavy atom. The van der Waals surface area contributed by atoms with E-state index in [4.69, 9.17) is 14.8 Å². The minimum atomic E-state index is -4.31. The van der Waals surface area contributed by atoms with Gasteiger partial charge >= 0.3 is 7.82 Å². The lowest BCUT2D eigenvalue weighted by atomic mass is 10.0. The third-order valence-electron chi connectivity index (χ3n) is 8.81. The monoisotopic (exact) mass is 701 g/mol. The second-order valence-electron chi connectivity index (χ2n) is 13.5. The van der Waals surface area contributed by atoms with Gasteiger partial charge in [0.25, 0.3) is 0 Å². The van der Waals surface area contributed by atoms with Crippen molar-refractivity contribution < 1.29 is 28.4 Å². The summed E-state index contributed by atoms with van der Waals surface area (Å²) in [7, 11) is -4.31. The number of hydrogen-bond acceptors (Lipinski definition) is 6. The summed E-state index contributed by atoms with van der Waals surface area (Å²) in [5.41, 5.74) is 5.36. The molecule has 0 fully saturated rings. The molecule has 0 aromatic heterocycles. The highest BCUT2D eigenvalue weighted by Crippen LogP contribution is 2.43. The maximum absolute atomic E-state index is 12.7. The fourth-order valence-corrected chi connectivity index (χ4v) is 6.51. The molecule has 0 heterocycles. The number of aliphatic hydroxyl groups excluding tert-OH is 1. The van der Waals surface area contributed by atoms with Gasteiger partial charge in [-0.3, -0.25) is 13.8 Å². The van der Waals surface area contributed by atoms with Gasteiger partial charge in [0.2, 0.25) is 5.91 Å². The average molecular weight is 701 g/mol. The maximum atomic E-state index is 12.7. The van der Waals surface area contributed by atoms with Crippen molar-refractivity contribution >= 4 is 13.7 Å². The SMILES string of the molecule is CCCCCC/C=C\C/C=C\CCCCCCCCCC(=O)NC(COP(=O)(O)OCCN)C(O)CCCCCCCCCCCCC. The van der Waals surface area contributed by atoms with Gasteiger partial charge in [0.05, 0.1) is 25.4 Å². The molecule has 0 aromatic carbocycles. The highest BCUT2D eigenvalue weighted by atomic mass is 31.2. The first-order valence-electron chi connectivity index (χ1n) is 20.0. The number of allylic oxidation sites excluding steroid dienone is 4. The topological polar surface area (TPSA) is 131 Å². The number of carbonyl (C=O) groups excluding carboxylic acids is 1. The van der Waals surface area contributed by atoms with Crippen LogP contribution in [0.1, 0.15) is 187 Å². The second-order valence-corrected chi connectivity index (χ2v) is 14.9. The highest BCUT2D eigenvalue weighted by molar-refractivity contribution is 7.47. The van der Waals surface area contributed by atoms with Crippen LogP contribution in [-0.4, -0.2) is 47.8 Å². The van der Waals surface area contributed by atoms with E-state index in [0.717, 1.165) is 51.4 Å². The summed E-state index contributed by atoms with van der Waals surface area (Å²) >= 11 is 0. The van der Waals surface area contributed by atoms with E-state index < -0.39 is 20.0 Å². The zero-order chi connectivity index (χ0) is 35.4. The van der Waals surface area contributed by atoms with Gasteiger partial charge < -0.3 is 21.1 Å². The van der Waals surface area contributed by atoms with E-state index in [1.54, 1.807) is 0 Å². The lowest BCUT2D eigenvalue weighted by Gasteiger charge is -2.25. The van der Waals surface area contributed by atoms with Crippen LogP contribution in [0.15, 0.2) is 24.3 Å². The molecule has 0 aliphatic carbocycles. The standard InChI is InChI=1S/C39H77N2O6P/c1-3-5-7-9-11-13-15-16-17-18-19-20-21-23-25-27-29-31-33-39(43)41-37(36-47-48(44,45)46-35-34-40)38(42)32-30-28-26-24-22-14-12-10-8-6-4-2/h13,15,17-18,37-38,42H,3-12,14,16,19-36,40H2,1-2H3,(H,41,43)(H,44,45)/b15-13-,18-17-. The highest BCUT2D eigenvalue weighted by Gasteiger charge is 2.27. The Morgan fingerprint density at radius 1 is 0.688 bits per heavy atom. The first-order chi connectivity index (χ1) is 23.4. The molecule has 1 amide bonds. The van der Waals surface area contributed by atoms with Crippen molar-refractivity contribution in [2.45, 2.75) is 199 Å². The van der Waals surface area contributed by atoms with E-state index in [-0.39, 0.29) is 25.7 Å². The van der Waals surface area contributed by atoms with Gasteiger partial charge in [0, 0.05) is 13.0 Å². The van der Waals surface area contributed by atoms with Crippen molar-refractivity contribution in [1.82, 2.24) is 5.32 Å². The molecule has 0 spiro atoms. The lowest BCUT2D eigenvalue weighted by Crippen LogP contribution is -2.46. The third-order valence-corrected chi connectivity index (χ3v) is 9.79. The number of amides is 1. The van der Waals surface area contributed by atoms with Crippen molar-refractivity contribution in [3.8, 4) is 0 Å². The zero-order valence-corrected chi connectivity index (χ0v) is 32.1. The predicted molar refractivity (Wildman–Crippen MR) is 203 cm³/mol. The minimum Gasteiger partial charge on any atom is -0.391 e. The molecule has 0 aliphatic rings. The molecule has 0 saturated heterocycles. The molecule has 9 heteroatoms. The van der Waals surface area contributed by atoms with Crippen LogP contribution in [0.3, 0.4) is 0 Å². The number of nitrogens with one attached hydrogen (secondary N) is 1. The number of nitrogens with two attached hydrogens (primary N) is 1. The van der Waals surface area contributed by atoms with Gasteiger partial charge in [-0.25, -0.2) is 4.57 Å². The van der Waals surface area contributed by atoms with Gasteiger partial charge in [0.1, 0.15) is 0 Å². The first-order valence-corrected chi connectivity index (χ1v) is 21.4. The number of phosphoric ester groups is 1. The Balaban J connectivity index is 4.19. The Kier molecular flexibility index (Phi) is 35.0. The predicted octanol–water partition coefficient (Wildman–Crippen LogP) is 10.6. The van der Waals surface area contributed by atoms with Crippen molar-refractivity contribution in [3.05, 3.63) is 24.3 Å². The first kappa shape index (κ1) is 47.0. The number of carbonyl (C=O) groups is 1. The molecule has 3 atom stereocenters. The van der Waals surface area contributed by atoms with Crippen molar-refractivity contribution in [2.24, 2.45) is 5.73 Å². The van der Waals surface area contributed by atoms with Gasteiger partial charge in [-0.05, 0) is 44.9 Å². The molecule has 0 saturated carbocycles. The van der Waals surface area contributed by atoms with E-state index in [1.807, 2.05) is 0 Å². The number of unbranched alkanes of at least 4 members (excludes halogenated alkanes) is 21. The normalized spacial score (nSPS) is 14.5. The van der Waals surface area contributed by atoms with Gasteiger partial charge in [-0.2, -0.15) is 0 Å². The summed E-state index contributed by atoms with van der Waals surface area (Å²) in [5.74, 6) is -0.171. The summed E-state index contributed by atoms with van der Waals surface area (Å²) < 4.78 is 22.1. The minimum absolute atomic E-state index is 0.0876. The molecule has 8 nitrogen and oxygen atoms in total. The summed E-state index contributed by atoms with van der Waals surface area (Å²) in [4.78, 5) is 22.6. The largest absolute Gasteiger partial charge is 0.472 e. The number of phosphoric acid groups is 1. The van der Waals surface area contributed by atoms with Crippen LogP contribution in [0.5, 0.6) is 0 Å². The van der Waals surface area contributed by atoms with Crippen LogP contribution >= 0.6 is 7.82 Å². The average Bonchev–Trinajstić information content (AvgIpc) is 3.07. The number of hydrogen-bond donors (Lipinski definition) is 4. The molecule has 3 unspecified atom stereocenters. The Morgan fingerprint density at radius 2 is 1.15 bits per heavy atom. The van der Waals surface area contributed by atoms with Crippen LogP contribution in [0.4, 0.5) is 0 Å². The summed E-state index contributed by atoms with van der Waals surface area (Å²) in [5, 5.41) is 13.7. The van der Waals surface area contributed by atoms with E-state index in [9.17, 15) is 19.4 Å². The van der Waals surface area contributed by atoms with Crippen molar-refractivity contribution in [2.75, 3.05) is 19.8 Å². The van der Waals surface area contributed by atoms with Crippen molar-refractivity contribution in [1.29, 1.82) is 0 Å². The Hall–Kier alpha value is -1.02. The van der Waals surface area contributed by atoms with Crippen LogP contribution in [0.25, 0.3) is 0 Å². The van der Waals surface area contributed by atoms with Crippen LogP contribution in [0.2, 0.25) is 0 Å². The third kappa shape index (κ3) is 33.5. The van der Waals surface area contributed by atoms with Crippen LogP contribution in [-0.2, 0) is 18.4 Å².